The highest BCUT2D eigenvalue weighted by Crippen LogP contribution is 2.36. The Morgan fingerprint density at radius 2 is 1.73 bits per heavy atom. The Morgan fingerprint density at radius 1 is 1.03 bits per heavy atom. The van der Waals surface area contributed by atoms with Crippen LogP contribution < -0.4 is 4.90 Å². The largest absolute Gasteiger partial charge is 0.371 e. The molecular weight excluding hydrogens is 402 g/mol. The fourth-order valence-corrected chi connectivity index (χ4v) is 5.43. The number of nitrogens with zero attached hydrogens (tertiary/aromatic N) is 1. The minimum absolute atomic E-state index is 0.265. The summed E-state index contributed by atoms with van der Waals surface area (Å²) < 4.78 is 0. The van der Waals surface area contributed by atoms with Gasteiger partial charge >= 0.3 is 0 Å². The number of hydrogen-bond donors (Lipinski definition) is 0. The monoisotopic (exact) mass is 447 g/mol. The van der Waals surface area contributed by atoms with Gasteiger partial charge in [-0.15, -0.1) is 0 Å². The second kappa shape index (κ2) is 11.9. The molecule has 0 amide bonds. The van der Waals surface area contributed by atoms with E-state index in [1.54, 1.807) is 0 Å². The number of aryl methyl sites for hydroxylation is 1. The van der Waals surface area contributed by atoms with Crippen LogP contribution in [0.4, 0.5) is 5.69 Å². The molecule has 1 aromatic carbocycles. The maximum absolute atomic E-state index is 13.3. The van der Waals surface area contributed by atoms with Gasteiger partial charge in [0.25, 0.3) is 0 Å². The van der Waals surface area contributed by atoms with Gasteiger partial charge in [0, 0.05) is 30.8 Å². The van der Waals surface area contributed by atoms with Crippen molar-refractivity contribution in [3.63, 3.8) is 0 Å². The third-order valence-corrected chi connectivity index (χ3v) is 7.88. The molecule has 2 heteroatoms. The van der Waals surface area contributed by atoms with Crippen molar-refractivity contribution in [1.82, 2.24) is 0 Å². The van der Waals surface area contributed by atoms with E-state index < -0.39 is 0 Å². The van der Waals surface area contributed by atoms with Gasteiger partial charge in [-0.1, -0.05) is 50.8 Å². The van der Waals surface area contributed by atoms with E-state index in [1.807, 2.05) is 0 Å². The number of carbonyl (C=O) groups excluding carboxylic acids is 1. The molecule has 0 spiro atoms. The molecule has 0 bridgehead atoms. The summed E-state index contributed by atoms with van der Waals surface area (Å²) in [6.45, 7) is 17.6. The molecule has 33 heavy (non-hydrogen) atoms. The van der Waals surface area contributed by atoms with Gasteiger partial charge in [0.05, 0.1) is 0 Å². The normalized spacial score (nSPS) is 16.9. The van der Waals surface area contributed by atoms with Crippen LogP contribution in [0.5, 0.6) is 0 Å². The SMILES string of the molecule is C=C1C(C)=C(C)CC(C)=C1CCC(=O)c1ccc(N(CCC)CCC)c(CCC2CCC2)c1. The fraction of sp³-hybridized carbons (Fsp3) is 0.581. The molecule has 1 saturated carbocycles. The van der Waals surface area contributed by atoms with Gasteiger partial charge in [-0.2, -0.15) is 0 Å². The molecule has 2 aliphatic rings. The summed E-state index contributed by atoms with van der Waals surface area (Å²) in [5.74, 6) is 1.15. The first-order chi connectivity index (χ1) is 15.8. The summed E-state index contributed by atoms with van der Waals surface area (Å²) in [7, 11) is 0. The molecule has 0 heterocycles. The highest BCUT2D eigenvalue weighted by Gasteiger charge is 2.21. The Morgan fingerprint density at radius 3 is 2.33 bits per heavy atom. The van der Waals surface area contributed by atoms with E-state index in [0.717, 1.165) is 62.2 Å². The lowest BCUT2D eigenvalue weighted by atomic mass is 9.81. The van der Waals surface area contributed by atoms with E-state index >= 15 is 0 Å². The molecule has 0 saturated heterocycles. The molecular formula is C31H45NO. The van der Waals surface area contributed by atoms with E-state index in [-0.39, 0.29) is 5.78 Å². The smallest absolute Gasteiger partial charge is 0.163 e. The summed E-state index contributed by atoms with van der Waals surface area (Å²) in [5, 5.41) is 0. The van der Waals surface area contributed by atoms with Crippen molar-refractivity contribution in [2.45, 2.75) is 98.8 Å². The van der Waals surface area contributed by atoms with Crippen LogP contribution >= 0.6 is 0 Å². The molecule has 0 radical (unpaired) electrons. The van der Waals surface area contributed by atoms with Gasteiger partial charge in [0.15, 0.2) is 5.78 Å². The first-order valence-corrected chi connectivity index (χ1v) is 13.3. The molecule has 2 aliphatic carbocycles. The summed E-state index contributed by atoms with van der Waals surface area (Å²) in [5.41, 5.74) is 10.1. The Balaban J connectivity index is 1.76. The van der Waals surface area contributed by atoms with Crippen molar-refractivity contribution < 1.29 is 4.79 Å². The number of rotatable bonds is 12. The summed E-state index contributed by atoms with van der Waals surface area (Å²) >= 11 is 0. The average molecular weight is 448 g/mol. The minimum Gasteiger partial charge on any atom is -0.371 e. The highest BCUT2D eigenvalue weighted by molar-refractivity contribution is 5.97. The molecule has 0 aromatic heterocycles. The van der Waals surface area contributed by atoms with Crippen LogP contribution in [-0.4, -0.2) is 18.9 Å². The van der Waals surface area contributed by atoms with Crippen LogP contribution in [0.25, 0.3) is 0 Å². The van der Waals surface area contributed by atoms with Crippen LogP contribution in [0.3, 0.4) is 0 Å². The summed E-state index contributed by atoms with van der Waals surface area (Å²) in [4.78, 5) is 15.8. The minimum atomic E-state index is 0.265. The molecule has 0 unspecified atom stereocenters. The van der Waals surface area contributed by atoms with Crippen molar-refractivity contribution in [2.75, 3.05) is 18.0 Å². The van der Waals surface area contributed by atoms with Gasteiger partial charge in [-0.25, -0.2) is 0 Å². The number of ketones is 1. The molecule has 1 aromatic rings. The van der Waals surface area contributed by atoms with E-state index in [9.17, 15) is 4.79 Å². The zero-order valence-electron chi connectivity index (χ0n) is 21.9. The van der Waals surface area contributed by atoms with Crippen LogP contribution in [0.15, 0.2) is 52.6 Å². The second-order valence-electron chi connectivity index (χ2n) is 10.4. The molecule has 1 fully saturated rings. The Hall–Kier alpha value is -2.09. The second-order valence-corrected chi connectivity index (χ2v) is 10.4. The lowest BCUT2D eigenvalue weighted by Gasteiger charge is -2.29. The topological polar surface area (TPSA) is 20.3 Å². The zero-order chi connectivity index (χ0) is 24.0. The third kappa shape index (κ3) is 6.28. The van der Waals surface area contributed by atoms with Crippen molar-refractivity contribution >= 4 is 11.5 Å². The Labute approximate surface area is 202 Å². The highest BCUT2D eigenvalue weighted by atomic mass is 16.1. The number of Topliss-reactive ketones (excluding diaryl/α,β-unsaturated/α-hetero) is 1. The molecule has 180 valence electrons. The van der Waals surface area contributed by atoms with E-state index in [1.165, 1.54) is 59.2 Å². The molecule has 0 aliphatic heterocycles. The van der Waals surface area contributed by atoms with Crippen molar-refractivity contribution in [1.29, 1.82) is 0 Å². The number of allylic oxidation sites excluding steroid dienone is 5. The maximum Gasteiger partial charge on any atom is 0.163 e. The number of benzene rings is 1. The molecule has 0 atom stereocenters. The standard InChI is InChI=1S/C31H45NO/c1-7-18-32(19-8-2)30-16-14-28(21-27(30)13-12-26-10-9-11-26)31(33)17-15-29-23(4)20-22(3)24(5)25(29)6/h14,16,21,26H,6-13,15,17-20H2,1-5H3. The van der Waals surface area contributed by atoms with Gasteiger partial charge in [0.2, 0.25) is 0 Å². The van der Waals surface area contributed by atoms with Gasteiger partial charge < -0.3 is 4.90 Å². The number of carbonyl (C=O) groups is 1. The lowest BCUT2D eigenvalue weighted by Crippen LogP contribution is -2.26. The maximum atomic E-state index is 13.3. The zero-order valence-corrected chi connectivity index (χ0v) is 21.9. The van der Waals surface area contributed by atoms with Crippen LogP contribution in [0, 0.1) is 5.92 Å². The molecule has 3 rings (SSSR count). The van der Waals surface area contributed by atoms with Gasteiger partial charge in [-0.05, 0) is 106 Å². The Bertz CT molecular complexity index is 922. The van der Waals surface area contributed by atoms with E-state index in [4.69, 9.17) is 0 Å². The Kier molecular flexibility index (Phi) is 9.18. The predicted molar refractivity (Wildman–Crippen MR) is 143 cm³/mol. The molecule has 2 nitrogen and oxygen atoms in total. The lowest BCUT2D eigenvalue weighted by molar-refractivity contribution is 0.0983. The van der Waals surface area contributed by atoms with Crippen molar-refractivity contribution in [3.8, 4) is 0 Å². The van der Waals surface area contributed by atoms with Crippen LogP contribution in [0.2, 0.25) is 0 Å². The summed E-state index contributed by atoms with van der Waals surface area (Å²) in [6.07, 6.45) is 11.2. The predicted octanol–water partition coefficient (Wildman–Crippen LogP) is 8.62. The number of hydrogen-bond acceptors (Lipinski definition) is 2. The van der Waals surface area contributed by atoms with Crippen molar-refractivity contribution in [2.24, 2.45) is 5.92 Å². The first kappa shape index (κ1) is 25.5. The summed E-state index contributed by atoms with van der Waals surface area (Å²) in [6, 6.07) is 6.53. The third-order valence-electron chi connectivity index (χ3n) is 7.88. The molecule has 0 N–H and O–H groups in total. The van der Waals surface area contributed by atoms with Gasteiger partial charge in [0.1, 0.15) is 0 Å². The fourth-order valence-electron chi connectivity index (χ4n) is 5.43. The first-order valence-electron chi connectivity index (χ1n) is 13.3. The van der Waals surface area contributed by atoms with Crippen LogP contribution in [0.1, 0.15) is 108 Å². The van der Waals surface area contributed by atoms with Gasteiger partial charge in [-0.3, -0.25) is 4.79 Å². The average Bonchev–Trinajstić information content (AvgIpc) is 2.76. The van der Waals surface area contributed by atoms with Crippen LogP contribution in [-0.2, 0) is 6.42 Å². The van der Waals surface area contributed by atoms with E-state index in [0.29, 0.717) is 6.42 Å². The van der Waals surface area contributed by atoms with Crippen molar-refractivity contribution in [3.05, 3.63) is 63.8 Å². The van der Waals surface area contributed by atoms with E-state index in [2.05, 4.69) is 64.3 Å². The quantitative estimate of drug-likeness (QED) is 0.299. The number of anilines is 1.